The fraction of sp³-hybridized carbons (Fsp3) is 0.600. The predicted octanol–water partition coefficient (Wildman–Crippen LogP) is -0.378. The maximum absolute atomic E-state index is 9.56. The topological polar surface area (TPSA) is 46.2 Å². The van der Waals surface area contributed by atoms with Crippen molar-refractivity contribution in [2.24, 2.45) is 0 Å². The van der Waals surface area contributed by atoms with Crippen LogP contribution in [0, 0.1) is 0 Å². The standard InChI is InChI=1S/C5H8NO2/c7-4-2-1-3-6-5-8/h5H,1-3H2,(H,6,8). The lowest BCUT2D eigenvalue weighted by Gasteiger charge is -1.89. The molecule has 1 N–H and O–H groups in total. The van der Waals surface area contributed by atoms with Gasteiger partial charge in [0.15, 0.2) is 6.29 Å². The highest BCUT2D eigenvalue weighted by Gasteiger charge is 1.82. The molecule has 0 aliphatic heterocycles. The minimum atomic E-state index is 0.404. The van der Waals surface area contributed by atoms with E-state index in [-0.39, 0.29) is 0 Å². The number of carbonyl (C=O) groups excluding carboxylic acids is 2. The molecule has 0 rings (SSSR count). The number of carbonyl (C=O) groups is 1. The fourth-order valence-electron chi connectivity index (χ4n) is 0.322. The fourth-order valence-corrected chi connectivity index (χ4v) is 0.322. The van der Waals surface area contributed by atoms with E-state index in [0.29, 0.717) is 25.8 Å². The third kappa shape index (κ3) is 5.14. The van der Waals surface area contributed by atoms with Gasteiger partial charge in [-0.1, -0.05) is 0 Å². The molecule has 0 aliphatic carbocycles. The van der Waals surface area contributed by atoms with Gasteiger partial charge in [0.25, 0.3) is 0 Å². The quantitative estimate of drug-likeness (QED) is 0.391. The Morgan fingerprint density at radius 1 is 1.62 bits per heavy atom. The summed E-state index contributed by atoms with van der Waals surface area (Å²) in [7, 11) is 0. The second-order valence-corrected chi connectivity index (χ2v) is 1.32. The van der Waals surface area contributed by atoms with Gasteiger partial charge in [-0.05, 0) is 6.42 Å². The van der Waals surface area contributed by atoms with E-state index in [4.69, 9.17) is 0 Å². The van der Waals surface area contributed by atoms with E-state index >= 15 is 0 Å². The molecule has 45 valence electrons. The van der Waals surface area contributed by atoms with E-state index in [1.165, 1.54) is 0 Å². The van der Waals surface area contributed by atoms with Crippen molar-refractivity contribution in [2.45, 2.75) is 12.8 Å². The van der Waals surface area contributed by atoms with Crippen molar-refractivity contribution >= 4 is 12.7 Å². The Kier molecular flexibility index (Phi) is 5.48. The van der Waals surface area contributed by atoms with Gasteiger partial charge in [0, 0.05) is 13.0 Å². The van der Waals surface area contributed by atoms with Gasteiger partial charge in [-0.25, -0.2) is 0 Å². The number of hydrogen-bond acceptors (Lipinski definition) is 2. The molecule has 0 atom stereocenters. The first kappa shape index (κ1) is 7.14. The van der Waals surface area contributed by atoms with Crippen LogP contribution in [0.3, 0.4) is 0 Å². The number of amides is 1. The molecule has 0 unspecified atom stereocenters. The molecule has 1 radical (unpaired) electrons. The van der Waals surface area contributed by atoms with E-state index < -0.39 is 0 Å². The average molecular weight is 114 g/mol. The van der Waals surface area contributed by atoms with Gasteiger partial charge in [-0.2, -0.15) is 0 Å². The Morgan fingerprint density at radius 2 is 2.38 bits per heavy atom. The lowest BCUT2D eigenvalue weighted by Crippen LogP contribution is -2.11. The summed E-state index contributed by atoms with van der Waals surface area (Å²) in [5.74, 6) is 0. The smallest absolute Gasteiger partial charge is 0.207 e. The lowest BCUT2D eigenvalue weighted by molar-refractivity contribution is -0.109. The van der Waals surface area contributed by atoms with Gasteiger partial charge >= 0.3 is 0 Å². The van der Waals surface area contributed by atoms with Crippen LogP contribution in [0.4, 0.5) is 0 Å². The van der Waals surface area contributed by atoms with E-state index in [1.807, 2.05) is 0 Å². The zero-order valence-corrected chi connectivity index (χ0v) is 4.52. The normalized spacial score (nSPS) is 8.00. The Bertz CT molecular complexity index is 62.8. The van der Waals surface area contributed by atoms with Crippen molar-refractivity contribution in [1.82, 2.24) is 5.32 Å². The summed E-state index contributed by atoms with van der Waals surface area (Å²) < 4.78 is 0. The lowest BCUT2D eigenvalue weighted by atomic mass is 10.3. The molecule has 0 aromatic rings. The van der Waals surface area contributed by atoms with Crippen molar-refractivity contribution in [2.75, 3.05) is 6.54 Å². The molecule has 0 bridgehead atoms. The number of nitrogens with one attached hydrogen (secondary N) is 1. The van der Waals surface area contributed by atoms with Gasteiger partial charge < -0.3 is 5.32 Å². The molecule has 0 saturated carbocycles. The highest BCUT2D eigenvalue weighted by molar-refractivity contribution is 5.50. The second kappa shape index (κ2) is 6.14. The third-order valence-corrected chi connectivity index (χ3v) is 0.683. The number of rotatable bonds is 5. The molecular formula is C5H8NO2. The first-order chi connectivity index (χ1) is 3.91. The minimum Gasteiger partial charge on any atom is -0.359 e. The Morgan fingerprint density at radius 3 is 2.88 bits per heavy atom. The Balaban J connectivity index is 2.71. The maximum atomic E-state index is 9.56. The molecule has 0 saturated heterocycles. The van der Waals surface area contributed by atoms with E-state index in [2.05, 4.69) is 5.32 Å². The molecule has 3 nitrogen and oxygen atoms in total. The first-order valence-electron chi connectivity index (χ1n) is 2.44. The summed E-state index contributed by atoms with van der Waals surface area (Å²) in [6, 6.07) is 0. The summed E-state index contributed by atoms with van der Waals surface area (Å²) in [4.78, 5) is 19.1. The molecule has 0 fully saturated rings. The van der Waals surface area contributed by atoms with E-state index in [0.717, 1.165) is 0 Å². The highest BCUT2D eigenvalue weighted by atomic mass is 16.1. The minimum absolute atomic E-state index is 0.404. The van der Waals surface area contributed by atoms with Crippen LogP contribution in [0.2, 0.25) is 0 Å². The van der Waals surface area contributed by atoms with Crippen molar-refractivity contribution < 1.29 is 9.59 Å². The summed E-state index contributed by atoms with van der Waals surface area (Å²) in [5.41, 5.74) is 0. The summed E-state index contributed by atoms with van der Waals surface area (Å²) in [6.07, 6.45) is 3.42. The SMILES string of the molecule is O=[C]CCCNC=O. The van der Waals surface area contributed by atoms with Gasteiger partial charge in [0.2, 0.25) is 6.41 Å². The van der Waals surface area contributed by atoms with Crippen LogP contribution in [0.5, 0.6) is 0 Å². The van der Waals surface area contributed by atoms with Crippen LogP contribution in [0.15, 0.2) is 0 Å². The molecule has 0 heterocycles. The van der Waals surface area contributed by atoms with Crippen LogP contribution < -0.4 is 5.32 Å². The number of unbranched alkanes of at least 4 members (excludes halogenated alkanes) is 1. The van der Waals surface area contributed by atoms with E-state index in [9.17, 15) is 9.59 Å². The first-order valence-corrected chi connectivity index (χ1v) is 2.44. The van der Waals surface area contributed by atoms with Crippen LogP contribution in [0.1, 0.15) is 12.8 Å². The summed E-state index contributed by atoms with van der Waals surface area (Å²) >= 11 is 0. The molecule has 0 spiro atoms. The van der Waals surface area contributed by atoms with Crippen molar-refractivity contribution in [1.29, 1.82) is 0 Å². The Hall–Kier alpha value is -0.860. The van der Waals surface area contributed by atoms with Gasteiger partial charge in [0.05, 0.1) is 0 Å². The van der Waals surface area contributed by atoms with Crippen LogP contribution in [0.25, 0.3) is 0 Å². The zero-order chi connectivity index (χ0) is 6.24. The predicted molar refractivity (Wildman–Crippen MR) is 29.0 cm³/mol. The molecule has 8 heavy (non-hydrogen) atoms. The maximum Gasteiger partial charge on any atom is 0.207 e. The molecular weight excluding hydrogens is 106 g/mol. The summed E-state index contributed by atoms with van der Waals surface area (Å²) in [5, 5.41) is 2.42. The summed E-state index contributed by atoms with van der Waals surface area (Å²) in [6.45, 7) is 0.568. The van der Waals surface area contributed by atoms with Gasteiger partial charge in [-0.15, -0.1) is 0 Å². The monoisotopic (exact) mass is 114 g/mol. The van der Waals surface area contributed by atoms with Crippen molar-refractivity contribution in [3.8, 4) is 0 Å². The molecule has 3 heteroatoms. The van der Waals surface area contributed by atoms with E-state index in [1.54, 1.807) is 6.29 Å². The average Bonchev–Trinajstić information content (AvgIpc) is 1.81. The molecule has 0 aliphatic rings. The molecule has 0 aromatic heterocycles. The highest BCUT2D eigenvalue weighted by Crippen LogP contribution is 1.77. The van der Waals surface area contributed by atoms with Gasteiger partial charge in [-0.3, -0.25) is 9.59 Å². The number of hydrogen-bond donors (Lipinski definition) is 1. The second-order valence-electron chi connectivity index (χ2n) is 1.32. The third-order valence-electron chi connectivity index (χ3n) is 0.683. The zero-order valence-electron chi connectivity index (χ0n) is 4.52. The van der Waals surface area contributed by atoms with Crippen molar-refractivity contribution in [3.63, 3.8) is 0 Å². The molecule has 1 amide bonds. The van der Waals surface area contributed by atoms with Crippen LogP contribution in [-0.4, -0.2) is 19.2 Å². The molecule has 0 aromatic carbocycles. The van der Waals surface area contributed by atoms with Crippen LogP contribution in [-0.2, 0) is 9.59 Å². The largest absolute Gasteiger partial charge is 0.359 e. The Labute approximate surface area is 48.1 Å². The van der Waals surface area contributed by atoms with Gasteiger partial charge in [0.1, 0.15) is 0 Å². The van der Waals surface area contributed by atoms with Crippen LogP contribution >= 0.6 is 0 Å². The van der Waals surface area contributed by atoms with Crippen molar-refractivity contribution in [3.05, 3.63) is 0 Å².